The van der Waals surface area contributed by atoms with Crippen molar-refractivity contribution in [3.63, 3.8) is 0 Å². The summed E-state index contributed by atoms with van der Waals surface area (Å²) in [4.78, 5) is 11.9. The second kappa shape index (κ2) is 7.37. The summed E-state index contributed by atoms with van der Waals surface area (Å²) in [6, 6.07) is 18.7. The normalized spacial score (nSPS) is 24.1. The number of hydrogen-bond donors (Lipinski definition) is 2. The molecule has 2 aliphatic rings. The van der Waals surface area contributed by atoms with E-state index in [1.807, 2.05) is 18.2 Å². The smallest absolute Gasteiger partial charge is 0.235 e. The predicted molar refractivity (Wildman–Crippen MR) is 110 cm³/mol. The number of carbonyl (C=O) groups is 1. The van der Waals surface area contributed by atoms with Crippen molar-refractivity contribution in [1.82, 2.24) is 10.6 Å². The van der Waals surface area contributed by atoms with Crippen molar-refractivity contribution < 1.29 is 4.79 Å². The van der Waals surface area contributed by atoms with E-state index in [1.165, 1.54) is 16.7 Å². The Hall–Kier alpha value is -2.91. The fourth-order valence-electron chi connectivity index (χ4n) is 3.82. The molecule has 1 heterocycles. The van der Waals surface area contributed by atoms with Crippen molar-refractivity contribution in [1.29, 1.82) is 0 Å². The van der Waals surface area contributed by atoms with Crippen LogP contribution in [0.2, 0.25) is 0 Å². The molecule has 1 unspecified atom stereocenters. The highest BCUT2D eigenvalue weighted by Crippen LogP contribution is 2.31. The minimum Gasteiger partial charge on any atom is -0.333 e. The molecule has 1 aliphatic heterocycles. The molecule has 0 saturated carbocycles. The standard InChI is InChI=1S/C24H24N2O/c1-18-6-5-7-21(14-18)15-19-10-12-20(13-11-19)16-24(25-17-23(27)26-24)22-8-3-2-4-9-22/h2-15,20,25H,16-17H2,1H3,(H,26,27). The van der Waals surface area contributed by atoms with Crippen LogP contribution in [0.15, 0.2) is 84.5 Å². The second-order valence-electron chi connectivity index (χ2n) is 7.32. The average Bonchev–Trinajstić information content (AvgIpc) is 3.06. The molecular formula is C24H24N2O. The third-order valence-corrected chi connectivity index (χ3v) is 5.16. The molecule has 2 N–H and O–H groups in total. The van der Waals surface area contributed by atoms with E-state index in [0.29, 0.717) is 6.54 Å². The lowest BCUT2D eigenvalue weighted by Crippen LogP contribution is -2.47. The lowest BCUT2D eigenvalue weighted by molar-refractivity contribution is -0.119. The van der Waals surface area contributed by atoms with E-state index >= 15 is 0 Å². The summed E-state index contributed by atoms with van der Waals surface area (Å²) in [6.45, 7) is 2.46. The highest BCUT2D eigenvalue weighted by molar-refractivity contribution is 5.81. The maximum atomic E-state index is 11.9. The summed E-state index contributed by atoms with van der Waals surface area (Å²) in [5.74, 6) is 0.299. The molecule has 1 atom stereocenters. The number of rotatable bonds is 4. The molecule has 1 saturated heterocycles. The zero-order valence-electron chi connectivity index (χ0n) is 15.5. The third kappa shape index (κ3) is 3.93. The van der Waals surface area contributed by atoms with Gasteiger partial charge in [-0.1, -0.05) is 84.5 Å². The Morgan fingerprint density at radius 2 is 1.85 bits per heavy atom. The van der Waals surface area contributed by atoms with Crippen LogP contribution in [-0.4, -0.2) is 12.5 Å². The van der Waals surface area contributed by atoms with Gasteiger partial charge in [-0.25, -0.2) is 0 Å². The Labute approximate surface area is 160 Å². The Balaban J connectivity index is 1.52. The van der Waals surface area contributed by atoms with Crippen LogP contribution in [0.4, 0.5) is 0 Å². The highest BCUT2D eigenvalue weighted by Gasteiger charge is 2.39. The number of nitrogens with one attached hydrogen (secondary N) is 2. The molecule has 1 aliphatic carbocycles. The number of carbonyl (C=O) groups excluding carboxylic acids is 1. The number of amides is 1. The van der Waals surface area contributed by atoms with Crippen molar-refractivity contribution in [2.24, 2.45) is 5.92 Å². The lowest BCUT2D eigenvalue weighted by Gasteiger charge is -2.32. The highest BCUT2D eigenvalue weighted by atomic mass is 16.2. The largest absolute Gasteiger partial charge is 0.333 e. The van der Waals surface area contributed by atoms with Gasteiger partial charge in [-0.2, -0.15) is 0 Å². The molecule has 1 amide bonds. The predicted octanol–water partition coefficient (Wildman–Crippen LogP) is 4.08. The van der Waals surface area contributed by atoms with Crippen molar-refractivity contribution in [3.8, 4) is 0 Å². The van der Waals surface area contributed by atoms with Crippen LogP contribution < -0.4 is 10.6 Å². The molecule has 0 radical (unpaired) electrons. The van der Waals surface area contributed by atoms with Gasteiger partial charge in [-0.05, 0) is 42.0 Å². The number of hydrogen-bond acceptors (Lipinski definition) is 2. The van der Waals surface area contributed by atoms with Crippen molar-refractivity contribution in [3.05, 3.63) is 101 Å². The topological polar surface area (TPSA) is 41.1 Å². The van der Waals surface area contributed by atoms with Gasteiger partial charge in [0.2, 0.25) is 5.91 Å². The summed E-state index contributed by atoms with van der Waals surface area (Å²) in [5, 5.41) is 6.55. The zero-order chi connectivity index (χ0) is 18.7. The van der Waals surface area contributed by atoms with E-state index in [2.05, 4.69) is 84.3 Å². The molecule has 3 heteroatoms. The maximum absolute atomic E-state index is 11.9. The van der Waals surface area contributed by atoms with Crippen LogP contribution in [-0.2, 0) is 10.5 Å². The molecular weight excluding hydrogens is 332 g/mol. The van der Waals surface area contributed by atoms with E-state index in [9.17, 15) is 4.79 Å². The van der Waals surface area contributed by atoms with Crippen molar-refractivity contribution in [2.75, 3.05) is 6.54 Å². The van der Waals surface area contributed by atoms with E-state index in [1.54, 1.807) is 0 Å². The van der Waals surface area contributed by atoms with E-state index in [4.69, 9.17) is 0 Å². The summed E-state index contributed by atoms with van der Waals surface area (Å²) < 4.78 is 0. The fraction of sp³-hybridized carbons (Fsp3) is 0.208. The average molecular weight is 356 g/mol. The molecule has 1 fully saturated rings. The third-order valence-electron chi connectivity index (χ3n) is 5.16. The Morgan fingerprint density at radius 3 is 2.52 bits per heavy atom. The summed E-state index contributed by atoms with van der Waals surface area (Å²) in [5.41, 5.74) is 4.25. The first-order chi connectivity index (χ1) is 13.1. The summed E-state index contributed by atoms with van der Waals surface area (Å²) >= 11 is 0. The zero-order valence-corrected chi connectivity index (χ0v) is 15.5. The number of benzene rings is 2. The molecule has 2 aromatic rings. The van der Waals surface area contributed by atoms with Crippen LogP contribution in [0.3, 0.4) is 0 Å². The quantitative estimate of drug-likeness (QED) is 0.867. The van der Waals surface area contributed by atoms with Gasteiger partial charge in [0, 0.05) is 0 Å². The summed E-state index contributed by atoms with van der Waals surface area (Å²) in [6.07, 6.45) is 11.8. The van der Waals surface area contributed by atoms with Crippen molar-refractivity contribution in [2.45, 2.75) is 19.0 Å². The molecule has 0 spiro atoms. The minimum absolute atomic E-state index is 0.0441. The van der Waals surface area contributed by atoms with E-state index < -0.39 is 5.66 Å². The van der Waals surface area contributed by atoms with Crippen LogP contribution in [0.1, 0.15) is 23.1 Å². The van der Waals surface area contributed by atoms with Gasteiger partial charge in [0.05, 0.1) is 6.54 Å². The summed E-state index contributed by atoms with van der Waals surface area (Å²) in [7, 11) is 0. The van der Waals surface area contributed by atoms with Crippen LogP contribution in [0, 0.1) is 12.8 Å². The Morgan fingerprint density at radius 1 is 1.07 bits per heavy atom. The molecule has 136 valence electrons. The van der Waals surface area contributed by atoms with Gasteiger partial charge in [-0.15, -0.1) is 0 Å². The maximum Gasteiger partial charge on any atom is 0.235 e. The van der Waals surface area contributed by atoms with E-state index in [-0.39, 0.29) is 11.8 Å². The first-order valence-corrected chi connectivity index (χ1v) is 9.39. The molecule has 0 aromatic heterocycles. The molecule has 27 heavy (non-hydrogen) atoms. The Kier molecular flexibility index (Phi) is 4.78. The monoisotopic (exact) mass is 356 g/mol. The van der Waals surface area contributed by atoms with Gasteiger partial charge in [0.15, 0.2) is 0 Å². The number of allylic oxidation sites excluding steroid dienone is 5. The van der Waals surface area contributed by atoms with Crippen LogP contribution in [0.5, 0.6) is 0 Å². The molecule has 0 bridgehead atoms. The van der Waals surface area contributed by atoms with Gasteiger partial charge in [-0.3, -0.25) is 10.1 Å². The fourth-order valence-corrected chi connectivity index (χ4v) is 3.82. The molecule has 3 nitrogen and oxygen atoms in total. The SMILES string of the molecule is Cc1cccc(C=C2C=CC(CC3(c4ccccc4)NCC(=O)N3)C=C2)c1. The molecule has 4 rings (SSSR count). The minimum atomic E-state index is -0.505. The van der Waals surface area contributed by atoms with E-state index in [0.717, 1.165) is 12.0 Å². The molecule has 2 aromatic carbocycles. The second-order valence-corrected chi connectivity index (χ2v) is 7.32. The van der Waals surface area contributed by atoms with Gasteiger partial charge >= 0.3 is 0 Å². The van der Waals surface area contributed by atoms with Crippen LogP contribution >= 0.6 is 0 Å². The lowest BCUT2D eigenvalue weighted by atomic mass is 9.86. The van der Waals surface area contributed by atoms with Gasteiger partial charge < -0.3 is 5.32 Å². The van der Waals surface area contributed by atoms with Crippen LogP contribution in [0.25, 0.3) is 6.08 Å². The number of aryl methyl sites for hydroxylation is 1. The first kappa shape index (κ1) is 17.5. The van der Waals surface area contributed by atoms with Crippen molar-refractivity contribution >= 4 is 12.0 Å². The first-order valence-electron chi connectivity index (χ1n) is 9.39. The van der Waals surface area contributed by atoms with Gasteiger partial charge in [0.1, 0.15) is 5.66 Å². The van der Waals surface area contributed by atoms with Gasteiger partial charge in [0.25, 0.3) is 0 Å². The Bertz CT molecular complexity index is 910.